The van der Waals surface area contributed by atoms with E-state index in [0.29, 0.717) is 6.42 Å². The molecular weight excluding hydrogens is 251 g/mol. The molecule has 19 heavy (non-hydrogen) atoms. The zero-order valence-corrected chi connectivity index (χ0v) is 10.5. The molecule has 0 fully saturated rings. The zero-order valence-electron chi connectivity index (χ0n) is 10.5. The van der Waals surface area contributed by atoms with Crippen LogP contribution in [0.15, 0.2) is 42.5 Å². The Morgan fingerprint density at radius 1 is 1.00 bits per heavy atom. The lowest BCUT2D eigenvalue weighted by Crippen LogP contribution is -2.38. The molecule has 0 bridgehead atoms. The fraction of sp³-hybridized carbons (Fsp3) is 0.200. The summed E-state index contributed by atoms with van der Waals surface area (Å²) in [4.78, 5) is 0. The second kappa shape index (κ2) is 5.05. The first-order valence-electron chi connectivity index (χ1n) is 5.98. The van der Waals surface area contributed by atoms with Crippen LogP contribution >= 0.6 is 0 Å². The number of benzene rings is 2. The third kappa shape index (κ3) is 2.49. The van der Waals surface area contributed by atoms with E-state index in [2.05, 4.69) is 0 Å². The van der Waals surface area contributed by atoms with Gasteiger partial charge in [0, 0.05) is 11.6 Å². The predicted molar refractivity (Wildman–Crippen MR) is 68.0 cm³/mol. The van der Waals surface area contributed by atoms with E-state index in [4.69, 9.17) is 5.73 Å². The highest BCUT2D eigenvalue weighted by molar-refractivity contribution is 5.39. The minimum atomic E-state index is -1.26. The molecule has 0 aliphatic rings. The molecule has 1 nitrogen and oxygen atoms in total. The van der Waals surface area contributed by atoms with Gasteiger partial charge in [-0.25, -0.2) is 13.2 Å². The molecule has 0 radical (unpaired) electrons. The minimum Gasteiger partial charge on any atom is -0.318 e. The van der Waals surface area contributed by atoms with Crippen molar-refractivity contribution in [3.05, 3.63) is 71.0 Å². The van der Waals surface area contributed by atoms with E-state index in [9.17, 15) is 13.2 Å². The Bertz CT molecular complexity index is 577. The zero-order chi connectivity index (χ0) is 14.0. The van der Waals surface area contributed by atoms with E-state index < -0.39 is 23.0 Å². The van der Waals surface area contributed by atoms with Crippen molar-refractivity contribution in [3.8, 4) is 0 Å². The summed E-state index contributed by atoms with van der Waals surface area (Å²) in [5.41, 5.74) is 5.39. The van der Waals surface area contributed by atoms with Crippen molar-refractivity contribution >= 4 is 0 Å². The molecule has 100 valence electrons. The summed E-state index contributed by atoms with van der Waals surface area (Å²) in [6, 6.07) is 9.04. The van der Waals surface area contributed by atoms with Crippen molar-refractivity contribution in [1.82, 2.24) is 0 Å². The van der Waals surface area contributed by atoms with Crippen LogP contribution < -0.4 is 5.73 Å². The van der Waals surface area contributed by atoms with Gasteiger partial charge in [0.05, 0.1) is 5.54 Å². The standard InChI is InChI=1S/C15H14F3N/c1-2-15(19,13-5-3-4-6-14(13)18)10-7-11(16)9-12(17)8-10/h3-9H,2,19H2,1H3. The van der Waals surface area contributed by atoms with Crippen LogP contribution in [-0.4, -0.2) is 0 Å². The fourth-order valence-electron chi connectivity index (χ4n) is 2.18. The van der Waals surface area contributed by atoms with Crippen LogP contribution in [0.25, 0.3) is 0 Å². The smallest absolute Gasteiger partial charge is 0.128 e. The lowest BCUT2D eigenvalue weighted by atomic mass is 9.81. The number of halogens is 3. The summed E-state index contributed by atoms with van der Waals surface area (Å²) in [5, 5.41) is 0. The van der Waals surface area contributed by atoms with Gasteiger partial charge in [-0.15, -0.1) is 0 Å². The van der Waals surface area contributed by atoms with E-state index in [1.165, 1.54) is 12.1 Å². The van der Waals surface area contributed by atoms with Crippen LogP contribution in [-0.2, 0) is 5.54 Å². The summed E-state index contributed by atoms with van der Waals surface area (Å²) in [5.74, 6) is -1.94. The number of hydrogen-bond acceptors (Lipinski definition) is 1. The van der Waals surface area contributed by atoms with Crippen LogP contribution in [0, 0.1) is 17.5 Å². The Hall–Kier alpha value is -1.81. The molecule has 0 amide bonds. The van der Waals surface area contributed by atoms with Gasteiger partial charge in [0.15, 0.2) is 0 Å². The molecule has 1 atom stereocenters. The molecule has 0 aliphatic heterocycles. The summed E-state index contributed by atoms with van der Waals surface area (Å²) in [6.07, 6.45) is 0.316. The van der Waals surface area contributed by atoms with Crippen molar-refractivity contribution in [2.24, 2.45) is 5.73 Å². The minimum absolute atomic E-state index is 0.220. The van der Waals surface area contributed by atoms with Crippen molar-refractivity contribution in [3.63, 3.8) is 0 Å². The lowest BCUT2D eigenvalue weighted by Gasteiger charge is -2.30. The first-order chi connectivity index (χ1) is 8.97. The average molecular weight is 265 g/mol. The molecule has 2 N–H and O–H groups in total. The average Bonchev–Trinajstić information content (AvgIpc) is 2.37. The normalized spacial score (nSPS) is 14.2. The van der Waals surface area contributed by atoms with Gasteiger partial charge >= 0.3 is 0 Å². The van der Waals surface area contributed by atoms with E-state index >= 15 is 0 Å². The third-order valence-corrected chi connectivity index (χ3v) is 3.29. The molecule has 1 unspecified atom stereocenters. The molecule has 0 spiro atoms. The molecule has 0 saturated carbocycles. The maximum atomic E-state index is 13.9. The molecule has 0 heterocycles. The van der Waals surface area contributed by atoms with Gasteiger partial charge in [0.1, 0.15) is 17.5 Å². The summed E-state index contributed by atoms with van der Waals surface area (Å²) in [7, 11) is 0. The molecule has 0 aromatic heterocycles. The summed E-state index contributed by atoms with van der Waals surface area (Å²) < 4.78 is 40.5. The topological polar surface area (TPSA) is 26.0 Å². The van der Waals surface area contributed by atoms with Gasteiger partial charge < -0.3 is 5.73 Å². The Morgan fingerprint density at radius 3 is 2.11 bits per heavy atom. The van der Waals surface area contributed by atoms with Crippen molar-refractivity contribution in [2.45, 2.75) is 18.9 Å². The first kappa shape index (κ1) is 13.6. The van der Waals surface area contributed by atoms with Crippen LogP contribution in [0.3, 0.4) is 0 Å². The van der Waals surface area contributed by atoms with E-state index in [1.807, 2.05) is 0 Å². The molecule has 4 heteroatoms. The summed E-state index contributed by atoms with van der Waals surface area (Å²) in [6.45, 7) is 1.75. The highest BCUT2D eigenvalue weighted by Crippen LogP contribution is 2.32. The molecule has 2 rings (SSSR count). The summed E-state index contributed by atoms with van der Waals surface area (Å²) >= 11 is 0. The molecule has 2 aromatic carbocycles. The van der Waals surface area contributed by atoms with Crippen molar-refractivity contribution in [2.75, 3.05) is 0 Å². The van der Waals surface area contributed by atoms with Crippen molar-refractivity contribution in [1.29, 1.82) is 0 Å². The monoisotopic (exact) mass is 265 g/mol. The third-order valence-electron chi connectivity index (χ3n) is 3.29. The number of rotatable bonds is 3. The lowest BCUT2D eigenvalue weighted by molar-refractivity contribution is 0.470. The quantitative estimate of drug-likeness (QED) is 0.899. The van der Waals surface area contributed by atoms with Gasteiger partial charge in [0.25, 0.3) is 0 Å². The fourth-order valence-corrected chi connectivity index (χ4v) is 2.18. The molecule has 0 saturated heterocycles. The largest absolute Gasteiger partial charge is 0.318 e. The first-order valence-corrected chi connectivity index (χ1v) is 5.98. The van der Waals surface area contributed by atoms with E-state index in [1.54, 1.807) is 19.1 Å². The predicted octanol–water partition coefficient (Wildman–Crippen LogP) is 3.72. The van der Waals surface area contributed by atoms with Crippen LogP contribution in [0.2, 0.25) is 0 Å². The second-order valence-corrected chi connectivity index (χ2v) is 4.46. The van der Waals surface area contributed by atoms with Gasteiger partial charge in [0.2, 0.25) is 0 Å². The Labute approximate surface area is 109 Å². The number of nitrogens with two attached hydrogens (primary N) is 1. The van der Waals surface area contributed by atoms with Crippen LogP contribution in [0.1, 0.15) is 24.5 Å². The maximum absolute atomic E-state index is 13.9. The highest BCUT2D eigenvalue weighted by Gasteiger charge is 2.31. The van der Waals surface area contributed by atoms with Crippen LogP contribution in [0.5, 0.6) is 0 Å². The Balaban J connectivity index is 2.63. The number of hydrogen-bond donors (Lipinski definition) is 1. The van der Waals surface area contributed by atoms with Gasteiger partial charge in [-0.2, -0.15) is 0 Å². The van der Waals surface area contributed by atoms with E-state index in [-0.39, 0.29) is 11.1 Å². The van der Waals surface area contributed by atoms with Gasteiger partial charge in [-0.1, -0.05) is 25.1 Å². The highest BCUT2D eigenvalue weighted by atomic mass is 19.1. The second-order valence-electron chi connectivity index (χ2n) is 4.46. The maximum Gasteiger partial charge on any atom is 0.128 e. The SMILES string of the molecule is CCC(N)(c1cc(F)cc(F)c1)c1ccccc1F. The van der Waals surface area contributed by atoms with E-state index in [0.717, 1.165) is 18.2 Å². The molecule has 2 aromatic rings. The molecule has 0 aliphatic carbocycles. The van der Waals surface area contributed by atoms with Crippen LogP contribution in [0.4, 0.5) is 13.2 Å². The Morgan fingerprint density at radius 2 is 1.58 bits per heavy atom. The van der Waals surface area contributed by atoms with Gasteiger partial charge in [-0.3, -0.25) is 0 Å². The van der Waals surface area contributed by atoms with Crippen molar-refractivity contribution < 1.29 is 13.2 Å². The molecular formula is C15H14F3N. The Kier molecular flexibility index (Phi) is 3.62. The van der Waals surface area contributed by atoms with Gasteiger partial charge in [-0.05, 0) is 30.2 Å².